The molecule has 2 N–H and O–H groups in total. The molecule has 1 aromatic carbocycles. The van der Waals surface area contributed by atoms with E-state index < -0.39 is 17.7 Å². The molecular formula is C16H24N2O4. The zero-order chi connectivity index (χ0) is 16.8. The first-order valence-corrected chi connectivity index (χ1v) is 7.25. The average Bonchev–Trinajstić information content (AvgIpc) is 2.38. The number of rotatable bonds is 5. The number of benzene rings is 1. The van der Waals surface area contributed by atoms with Crippen LogP contribution in [-0.2, 0) is 9.53 Å². The summed E-state index contributed by atoms with van der Waals surface area (Å²) in [6, 6.07) is 6.39. The molecule has 1 aromatic rings. The number of alkyl carbamates (subject to hydrolysis) is 1. The van der Waals surface area contributed by atoms with Crippen LogP contribution < -0.4 is 15.4 Å². The van der Waals surface area contributed by atoms with Gasteiger partial charge >= 0.3 is 6.09 Å². The Morgan fingerprint density at radius 1 is 1.23 bits per heavy atom. The van der Waals surface area contributed by atoms with Crippen LogP contribution in [0.15, 0.2) is 24.3 Å². The molecule has 0 bridgehead atoms. The first-order valence-electron chi connectivity index (χ1n) is 7.25. The van der Waals surface area contributed by atoms with E-state index in [2.05, 4.69) is 10.6 Å². The van der Waals surface area contributed by atoms with Crippen molar-refractivity contribution in [2.24, 2.45) is 0 Å². The van der Waals surface area contributed by atoms with Gasteiger partial charge in [0.15, 0.2) is 0 Å². The predicted molar refractivity (Wildman–Crippen MR) is 85.1 cm³/mol. The van der Waals surface area contributed by atoms with Crippen LogP contribution in [0.2, 0.25) is 0 Å². The molecule has 0 radical (unpaired) electrons. The molecule has 0 fully saturated rings. The number of hydrogen-bond donors (Lipinski definition) is 2. The summed E-state index contributed by atoms with van der Waals surface area (Å²) in [5.41, 5.74) is -0.0471. The molecule has 0 aliphatic carbocycles. The third kappa shape index (κ3) is 6.03. The van der Waals surface area contributed by atoms with E-state index in [1.807, 2.05) is 13.0 Å². The summed E-state index contributed by atoms with van der Waals surface area (Å²) in [7, 11) is 0. The molecule has 1 rings (SSSR count). The SMILES string of the molecule is CCOc1ccccc1NC(=O)C(C)NC(=O)OC(C)(C)C. The number of para-hydroxylation sites is 2. The number of carbonyl (C=O) groups is 2. The van der Waals surface area contributed by atoms with Crippen molar-refractivity contribution in [3.05, 3.63) is 24.3 Å². The fourth-order valence-electron chi connectivity index (χ4n) is 1.64. The van der Waals surface area contributed by atoms with Gasteiger partial charge in [-0.05, 0) is 46.8 Å². The molecule has 0 aliphatic rings. The van der Waals surface area contributed by atoms with E-state index in [0.29, 0.717) is 18.0 Å². The number of ether oxygens (including phenoxy) is 2. The fraction of sp³-hybridized carbons (Fsp3) is 0.500. The van der Waals surface area contributed by atoms with E-state index in [0.717, 1.165) is 0 Å². The van der Waals surface area contributed by atoms with E-state index in [1.54, 1.807) is 45.9 Å². The molecule has 0 spiro atoms. The second kappa shape index (κ2) is 7.68. The second-order valence-electron chi connectivity index (χ2n) is 5.79. The summed E-state index contributed by atoms with van der Waals surface area (Å²) >= 11 is 0. The normalized spacial score (nSPS) is 12.2. The van der Waals surface area contributed by atoms with Crippen molar-refractivity contribution >= 4 is 17.7 Å². The van der Waals surface area contributed by atoms with Gasteiger partial charge in [-0.1, -0.05) is 12.1 Å². The number of anilines is 1. The molecule has 0 saturated carbocycles. The average molecular weight is 308 g/mol. The predicted octanol–water partition coefficient (Wildman–Crippen LogP) is 2.94. The minimum absolute atomic E-state index is 0.349. The lowest BCUT2D eigenvalue weighted by Crippen LogP contribution is -2.44. The third-order valence-corrected chi connectivity index (χ3v) is 2.57. The van der Waals surface area contributed by atoms with Gasteiger partial charge in [-0.25, -0.2) is 4.79 Å². The standard InChI is InChI=1S/C16H24N2O4/c1-6-21-13-10-8-7-9-12(13)18-14(19)11(2)17-15(20)22-16(3,4)5/h7-11H,6H2,1-5H3,(H,17,20)(H,18,19). The number of carbonyl (C=O) groups excluding carboxylic acids is 2. The van der Waals surface area contributed by atoms with Crippen molar-refractivity contribution in [3.63, 3.8) is 0 Å². The van der Waals surface area contributed by atoms with Gasteiger partial charge in [0.1, 0.15) is 17.4 Å². The first-order chi connectivity index (χ1) is 10.2. The Labute approximate surface area is 131 Å². The molecule has 22 heavy (non-hydrogen) atoms. The lowest BCUT2D eigenvalue weighted by Gasteiger charge is -2.22. The molecule has 6 nitrogen and oxygen atoms in total. The van der Waals surface area contributed by atoms with Crippen LogP contribution in [0.25, 0.3) is 0 Å². The number of amides is 2. The van der Waals surface area contributed by atoms with Crippen molar-refractivity contribution in [2.75, 3.05) is 11.9 Å². The van der Waals surface area contributed by atoms with Crippen LogP contribution in [0.5, 0.6) is 5.75 Å². The van der Waals surface area contributed by atoms with Gasteiger partial charge < -0.3 is 20.1 Å². The van der Waals surface area contributed by atoms with E-state index in [1.165, 1.54) is 0 Å². The number of hydrogen-bond acceptors (Lipinski definition) is 4. The van der Waals surface area contributed by atoms with Crippen LogP contribution in [0.4, 0.5) is 10.5 Å². The minimum atomic E-state index is -0.732. The molecule has 6 heteroatoms. The maximum absolute atomic E-state index is 12.1. The minimum Gasteiger partial charge on any atom is -0.492 e. The number of nitrogens with one attached hydrogen (secondary N) is 2. The van der Waals surface area contributed by atoms with Crippen molar-refractivity contribution in [3.8, 4) is 5.75 Å². The highest BCUT2D eigenvalue weighted by Gasteiger charge is 2.21. The van der Waals surface area contributed by atoms with Crippen molar-refractivity contribution in [2.45, 2.75) is 46.3 Å². The van der Waals surface area contributed by atoms with Gasteiger partial charge in [-0.2, -0.15) is 0 Å². The summed E-state index contributed by atoms with van der Waals surface area (Å²) in [5, 5.41) is 5.22. The molecule has 2 amide bonds. The molecule has 0 heterocycles. The largest absolute Gasteiger partial charge is 0.492 e. The highest BCUT2D eigenvalue weighted by atomic mass is 16.6. The Morgan fingerprint density at radius 2 is 1.86 bits per heavy atom. The van der Waals surface area contributed by atoms with Crippen LogP contribution in [0.3, 0.4) is 0 Å². The van der Waals surface area contributed by atoms with Crippen LogP contribution in [-0.4, -0.2) is 30.3 Å². The lowest BCUT2D eigenvalue weighted by molar-refractivity contribution is -0.117. The Kier molecular flexibility index (Phi) is 6.22. The van der Waals surface area contributed by atoms with E-state index >= 15 is 0 Å². The van der Waals surface area contributed by atoms with E-state index in [-0.39, 0.29) is 5.91 Å². The smallest absolute Gasteiger partial charge is 0.408 e. The zero-order valence-electron chi connectivity index (χ0n) is 13.7. The summed E-state index contributed by atoms with van der Waals surface area (Å²) < 4.78 is 10.6. The fourth-order valence-corrected chi connectivity index (χ4v) is 1.64. The van der Waals surface area contributed by atoms with Gasteiger partial charge in [0.25, 0.3) is 0 Å². The van der Waals surface area contributed by atoms with E-state index in [4.69, 9.17) is 9.47 Å². The summed E-state index contributed by atoms with van der Waals surface area (Å²) in [5.74, 6) is 0.237. The highest BCUT2D eigenvalue weighted by Crippen LogP contribution is 2.23. The van der Waals surface area contributed by atoms with Crippen molar-refractivity contribution in [1.82, 2.24) is 5.32 Å². The first kappa shape index (κ1) is 17.8. The topological polar surface area (TPSA) is 76.7 Å². The molecule has 122 valence electrons. The van der Waals surface area contributed by atoms with Gasteiger partial charge in [0.2, 0.25) is 5.91 Å². The highest BCUT2D eigenvalue weighted by molar-refractivity contribution is 5.97. The third-order valence-electron chi connectivity index (χ3n) is 2.57. The molecule has 1 unspecified atom stereocenters. The van der Waals surface area contributed by atoms with Crippen LogP contribution >= 0.6 is 0 Å². The van der Waals surface area contributed by atoms with Crippen molar-refractivity contribution < 1.29 is 19.1 Å². The summed E-state index contributed by atoms with van der Waals surface area (Å²) in [6.07, 6.45) is -0.631. The maximum atomic E-state index is 12.1. The maximum Gasteiger partial charge on any atom is 0.408 e. The molecule has 0 aromatic heterocycles. The Bertz CT molecular complexity index is 523. The zero-order valence-corrected chi connectivity index (χ0v) is 13.7. The monoisotopic (exact) mass is 308 g/mol. The van der Waals surface area contributed by atoms with Crippen LogP contribution in [0.1, 0.15) is 34.6 Å². The summed E-state index contributed by atoms with van der Waals surface area (Å²) in [4.78, 5) is 23.8. The van der Waals surface area contributed by atoms with Gasteiger partial charge in [-0.15, -0.1) is 0 Å². The molecule has 0 aliphatic heterocycles. The van der Waals surface area contributed by atoms with Crippen LogP contribution in [0, 0.1) is 0 Å². The lowest BCUT2D eigenvalue weighted by atomic mass is 10.2. The second-order valence-corrected chi connectivity index (χ2v) is 5.79. The van der Waals surface area contributed by atoms with Gasteiger partial charge in [0, 0.05) is 0 Å². The van der Waals surface area contributed by atoms with Gasteiger partial charge in [0.05, 0.1) is 12.3 Å². The Morgan fingerprint density at radius 3 is 2.45 bits per heavy atom. The Hall–Kier alpha value is -2.24. The Balaban J connectivity index is 2.63. The quantitative estimate of drug-likeness (QED) is 0.877. The molecular weight excluding hydrogens is 284 g/mol. The van der Waals surface area contributed by atoms with Gasteiger partial charge in [-0.3, -0.25) is 4.79 Å². The summed E-state index contributed by atoms with van der Waals surface area (Å²) in [6.45, 7) is 9.23. The van der Waals surface area contributed by atoms with E-state index in [9.17, 15) is 9.59 Å². The molecule has 0 saturated heterocycles. The van der Waals surface area contributed by atoms with Crippen molar-refractivity contribution in [1.29, 1.82) is 0 Å². The molecule has 1 atom stereocenters.